The minimum absolute atomic E-state index is 0.624. The smallest absolute Gasteiger partial charge is 0.260 e. The van der Waals surface area contributed by atoms with E-state index in [0.717, 1.165) is 0 Å². The molecule has 0 aliphatic heterocycles. The third-order valence-electron chi connectivity index (χ3n) is 25.3. The second-order valence-electron chi connectivity index (χ2n) is 31.6. The lowest BCUT2D eigenvalue weighted by molar-refractivity contribution is -0.0713. The lowest BCUT2D eigenvalue weighted by atomic mass is 9.53. The van der Waals surface area contributed by atoms with Gasteiger partial charge in [-0.15, -0.1) is 0 Å². The van der Waals surface area contributed by atoms with Gasteiger partial charge in [-0.3, -0.25) is 13.6 Å². The topological polar surface area (TPSA) is 44.8 Å². The van der Waals surface area contributed by atoms with Crippen molar-refractivity contribution in [2.45, 2.75) is 47.7 Å². The molecule has 0 atom stereocenters. The Hall–Kier alpha value is -13.1. The van der Waals surface area contributed by atoms with Crippen LogP contribution in [-0.2, 0) is 50.6 Å². The molecule has 18 aromatic rings. The molecule has 0 heterocycles. The van der Waals surface area contributed by atoms with Crippen molar-refractivity contribution in [1.82, 2.24) is 0 Å². The van der Waals surface area contributed by atoms with Crippen molar-refractivity contribution in [3.05, 3.63) is 646 Å². The van der Waals surface area contributed by atoms with Gasteiger partial charge in [-0.1, -0.05) is 581 Å². The first-order chi connectivity index (χ1) is 61.5. The second kappa shape index (κ2) is 35.7. The van der Waals surface area contributed by atoms with E-state index in [9.17, 15) is 48.4 Å². The minimum Gasteiger partial charge on any atom is -0.260 e. The number of phosphoric ester groups is 1. The van der Waals surface area contributed by atoms with E-state index in [1.54, 1.807) is 0 Å². The van der Waals surface area contributed by atoms with Gasteiger partial charge in [0, 0.05) is 0 Å². The summed E-state index contributed by atoms with van der Waals surface area (Å²) < 4.78 is 51.6. The van der Waals surface area contributed by atoms with Gasteiger partial charge in [0.05, 0.1) is 32.5 Å². The van der Waals surface area contributed by atoms with Gasteiger partial charge in [-0.05, 0) is 100 Å². The molecule has 18 rings (SSSR count). The summed E-state index contributed by atoms with van der Waals surface area (Å²) in [4.78, 5) is 0. The fraction of sp³-hybridized carbons (Fsp3) is 0.0769. The predicted octanol–water partition coefficient (Wildman–Crippen LogP) is 29.2. The Morgan fingerprint density at radius 2 is 0.192 bits per heavy atom. The fourth-order valence-corrected chi connectivity index (χ4v) is 25.1. The number of alkyl halides is 3. The molecule has 0 fully saturated rings. The maximum Gasteiger partial charge on any atom is 0.480 e. The van der Waals surface area contributed by atoms with Crippen LogP contribution in [0.3, 0.4) is 0 Å². The van der Waals surface area contributed by atoms with E-state index >= 15 is 4.57 Å². The lowest BCUT2D eigenvalue weighted by Crippen LogP contribution is -2.67. The van der Waals surface area contributed by atoms with Crippen molar-refractivity contribution in [3.8, 4) is 0 Å². The van der Waals surface area contributed by atoms with Gasteiger partial charge < -0.3 is 0 Å². The molecule has 18 aromatic carbocycles. The summed E-state index contributed by atoms with van der Waals surface area (Å²) in [7, 11) is -6.73. The highest BCUT2D eigenvalue weighted by molar-refractivity contribution is 7.48. The Morgan fingerprint density at radius 1 is 0.128 bits per heavy atom. The predicted molar refractivity (Wildman–Crippen MR) is 512 cm³/mol. The summed E-state index contributed by atoms with van der Waals surface area (Å²) >= 11 is 32.3. The minimum atomic E-state index is -6.73. The normalized spacial score (nSPS) is 12.6. The van der Waals surface area contributed by atoms with Crippen LogP contribution in [-0.4, -0.2) is 15.2 Å². The average molecular weight is 1700 g/mol. The van der Waals surface area contributed by atoms with Gasteiger partial charge in [0.25, 0.3) is 0 Å². The van der Waals surface area contributed by atoms with Crippen molar-refractivity contribution >= 4 is 42.6 Å². The maximum absolute atomic E-state index is 22.8. The van der Waals surface area contributed by atoms with Crippen LogP contribution in [0, 0.1) is 0 Å². The molecule has 4 nitrogen and oxygen atoms in total. The molecule has 0 spiro atoms. The number of hydrogen-bond acceptors (Lipinski definition) is 4. The molecular formula is C117H90Cl3O4P. The van der Waals surface area contributed by atoms with Crippen LogP contribution in [0.2, 0.25) is 0 Å². The molecule has 0 aliphatic carbocycles. The summed E-state index contributed by atoms with van der Waals surface area (Å²) in [6.45, 7) is 0. The molecule has 0 radical (unpaired) electrons. The van der Waals surface area contributed by atoms with Crippen molar-refractivity contribution in [3.63, 3.8) is 0 Å². The number of hydrogen-bond donors (Lipinski definition) is 0. The number of benzene rings is 18. The molecule has 608 valence electrons. The molecular weight excluding hydrogens is 1610 g/mol. The van der Waals surface area contributed by atoms with Crippen molar-refractivity contribution in [2.75, 3.05) is 0 Å². The van der Waals surface area contributed by atoms with Crippen LogP contribution in [0.15, 0.2) is 546 Å². The van der Waals surface area contributed by atoms with Crippen LogP contribution in [0.4, 0.5) is 0 Å². The van der Waals surface area contributed by atoms with E-state index in [-0.39, 0.29) is 0 Å². The number of halogens is 3. The Morgan fingerprint density at radius 3 is 0.256 bits per heavy atom. The first-order valence-corrected chi connectivity index (χ1v) is 44.9. The molecule has 0 amide bonds. The average Bonchev–Trinajstić information content (AvgIpc) is 0.662. The third-order valence-corrected chi connectivity index (χ3v) is 29.1. The van der Waals surface area contributed by atoms with Gasteiger partial charge in [-0.2, -0.15) is 0 Å². The zero-order valence-corrected chi connectivity index (χ0v) is 71.8. The third kappa shape index (κ3) is 13.6. The van der Waals surface area contributed by atoms with Gasteiger partial charge in [0.2, 0.25) is 0 Å². The second-order valence-corrected chi connectivity index (χ2v) is 34.6. The summed E-state index contributed by atoms with van der Waals surface area (Å²) in [6.07, 6.45) is 0. The van der Waals surface area contributed by atoms with E-state index < -0.39 is 55.5 Å². The van der Waals surface area contributed by atoms with Crippen molar-refractivity contribution in [2.24, 2.45) is 0 Å². The lowest BCUT2D eigenvalue weighted by Gasteiger charge is -2.62. The monoisotopic (exact) mass is 1690 g/mol. The fourth-order valence-electron chi connectivity index (χ4n) is 20.5. The van der Waals surface area contributed by atoms with E-state index in [0.29, 0.717) is 100 Å². The SMILES string of the molecule is O=P(OC(Cl)(C(c1ccccc1)(c1ccccc1)c1ccccc1)C(c1ccccc1)(c1ccccc1)c1ccccc1)(OC(Cl)(C(c1ccccc1)(c1ccccc1)c1ccccc1)C(c1ccccc1)(c1ccccc1)c1ccccc1)OC(Cl)(C(c1ccccc1)(c1ccccc1)c1ccccc1)C(c1ccccc1)(c1ccccc1)c1ccccc1. The van der Waals surface area contributed by atoms with Crippen molar-refractivity contribution in [1.29, 1.82) is 0 Å². The van der Waals surface area contributed by atoms with Gasteiger partial charge >= 0.3 is 7.82 Å². The largest absolute Gasteiger partial charge is 0.480 e. The molecule has 0 N–H and O–H groups in total. The van der Waals surface area contributed by atoms with E-state index in [2.05, 4.69) is 218 Å². The Kier molecular flexibility index (Phi) is 23.6. The highest BCUT2D eigenvalue weighted by atomic mass is 35.5. The molecule has 8 heteroatoms. The van der Waals surface area contributed by atoms with E-state index in [1.165, 1.54) is 0 Å². The quantitative estimate of drug-likeness (QED) is 0.0256. The van der Waals surface area contributed by atoms with Crippen LogP contribution < -0.4 is 0 Å². The van der Waals surface area contributed by atoms with Crippen LogP contribution in [0.5, 0.6) is 0 Å². The molecule has 0 aliphatic rings. The van der Waals surface area contributed by atoms with Crippen LogP contribution in [0.25, 0.3) is 0 Å². The molecule has 0 saturated carbocycles. The summed E-state index contributed by atoms with van der Waals surface area (Å²) in [5, 5.41) is -8.40. The van der Waals surface area contributed by atoms with Gasteiger partial charge in [-0.25, -0.2) is 4.57 Å². The first-order valence-electron chi connectivity index (χ1n) is 42.3. The zero-order valence-electron chi connectivity index (χ0n) is 68.7. The Labute approximate surface area is 748 Å². The zero-order chi connectivity index (χ0) is 85.2. The summed E-state index contributed by atoms with van der Waals surface area (Å²) in [5.74, 6) is 0. The Bertz CT molecular complexity index is 4920. The van der Waals surface area contributed by atoms with Gasteiger partial charge in [0.1, 0.15) is 0 Å². The molecule has 0 bridgehead atoms. The highest BCUT2D eigenvalue weighted by Gasteiger charge is 2.78. The molecule has 0 unspecified atom stereocenters. The van der Waals surface area contributed by atoms with Gasteiger partial charge in [0.15, 0.2) is 15.2 Å². The standard InChI is InChI=1S/C117H90Cl3O4P/c118-115(109(91-55-19-1-20-56-91,92-57-21-2-22-58-92)93-59-23-3-24-60-93,110(94-61-25-4-26-62-94,95-63-27-5-28-64-95)96-65-29-6-30-66-96)122-125(121,123-116(119,111(97-67-31-7-32-68-97,98-69-33-8-34-70-98)99-71-35-9-36-72-99)112(100-73-37-10-38-74-100,101-75-39-11-40-76-101)102-77-41-12-42-78-102)124-117(120,113(103-79-43-13-44-80-103,104-81-45-14-46-82-104)105-83-47-15-48-84-105)114(106-85-49-16-50-86-106,107-87-51-17-52-88-107)108-89-53-18-54-90-108/h1-90H. The summed E-state index contributed by atoms with van der Waals surface area (Å²) in [6, 6.07) is 184. The number of rotatable bonds is 30. The van der Waals surface area contributed by atoms with Crippen LogP contribution in [0.1, 0.15) is 100 Å². The summed E-state index contributed by atoms with van der Waals surface area (Å²) in [5.41, 5.74) is -0.670. The maximum atomic E-state index is 22.8. The molecule has 125 heavy (non-hydrogen) atoms. The first kappa shape index (κ1) is 82.9. The van der Waals surface area contributed by atoms with E-state index in [1.807, 2.05) is 328 Å². The van der Waals surface area contributed by atoms with Crippen molar-refractivity contribution < 1.29 is 18.1 Å². The van der Waals surface area contributed by atoms with Crippen LogP contribution >= 0.6 is 42.6 Å². The number of phosphoric acid groups is 1. The Balaban J connectivity index is 1.17. The molecule has 0 aromatic heterocycles. The molecule has 0 saturated heterocycles. The van der Waals surface area contributed by atoms with E-state index in [4.69, 9.17) is 0 Å². The highest BCUT2D eigenvalue weighted by Crippen LogP contribution is 2.79.